The van der Waals surface area contributed by atoms with Crippen LogP contribution in [0.2, 0.25) is 0 Å². The minimum atomic E-state index is -2.84. The fourth-order valence-electron chi connectivity index (χ4n) is 1.26. The summed E-state index contributed by atoms with van der Waals surface area (Å²) >= 11 is 0. The van der Waals surface area contributed by atoms with Crippen LogP contribution < -0.4 is 4.74 Å². The topological polar surface area (TPSA) is 26.3 Å². The molecule has 1 aromatic carbocycles. The summed E-state index contributed by atoms with van der Waals surface area (Å²) in [6.45, 7) is 0.544. The van der Waals surface area contributed by atoms with E-state index in [9.17, 15) is 13.6 Å². The second-order valence-electron chi connectivity index (χ2n) is 3.14. The first-order chi connectivity index (χ1) is 7.04. The molecule has 0 radical (unpaired) electrons. The Labute approximate surface area is 86.9 Å². The van der Waals surface area contributed by atoms with E-state index in [4.69, 9.17) is 0 Å². The average molecular weight is 214 g/mol. The number of hydrogen-bond donors (Lipinski definition) is 0. The third kappa shape index (κ3) is 3.01. The van der Waals surface area contributed by atoms with Gasteiger partial charge in [0, 0.05) is 12.0 Å². The SMILES string of the molecule is CCC(=O)c1ccc(OC(F)F)c(C)c1. The first-order valence-corrected chi connectivity index (χ1v) is 4.63. The van der Waals surface area contributed by atoms with Crippen molar-refractivity contribution >= 4 is 5.78 Å². The summed E-state index contributed by atoms with van der Waals surface area (Å²) in [4.78, 5) is 11.3. The number of ether oxygens (including phenoxy) is 1. The maximum Gasteiger partial charge on any atom is 0.387 e. The van der Waals surface area contributed by atoms with Crippen LogP contribution in [0.5, 0.6) is 5.75 Å². The predicted molar refractivity (Wildman–Crippen MR) is 52.4 cm³/mol. The molecule has 4 heteroatoms. The normalized spacial score (nSPS) is 10.5. The lowest BCUT2D eigenvalue weighted by Gasteiger charge is -2.08. The van der Waals surface area contributed by atoms with Crippen molar-refractivity contribution in [2.45, 2.75) is 26.9 Å². The molecule has 0 saturated carbocycles. The summed E-state index contributed by atoms with van der Waals surface area (Å²) in [6.07, 6.45) is 0.397. The summed E-state index contributed by atoms with van der Waals surface area (Å²) in [7, 11) is 0. The van der Waals surface area contributed by atoms with Crippen molar-refractivity contribution in [3.63, 3.8) is 0 Å². The minimum absolute atomic E-state index is 0.0123. The summed E-state index contributed by atoms with van der Waals surface area (Å²) in [5.41, 5.74) is 1.06. The highest BCUT2D eigenvalue weighted by atomic mass is 19.3. The number of ketones is 1. The highest BCUT2D eigenvalue weighted by Crippen LogP contribution is 2.21. The zero-order chi connectivity index (χ0) is 11.4. The molecular weight excluding hydrogens is 202 g/mol. The van der Waals surface area contributed by atoms with Crippen molar-refractivity contribution in [1.82, 2.24) is 0 Å². The van der Waals surface area contributed by atoms with Gasteiger partial charge in [0.15, 0.2) is 5.78 Å². The van der Waals surface area contributed by atoms with E-state index in [1.54, 1.807) is 19.9 Å². The molecule has 0 aliphatic heterocycles. The van der Waals surface area contributed by atoms with Gasteiger partial charge in [0.05, 0.1) is 0 Å². The van der Waals surface area contributed by atoms with Crippen molar-refractivity contribution in [2.24, 2.45) is 0 Å². The summed E-state index contributed by atoms with van der Waals surface area (Å²) in [5.74, 6) is 0.0966. The molecule has 0 fully saturated rings. The molecule has 0 atom stereocenters. The van der Waals surface area contributed by atoms with Gasteiger partial charge in [-0.2, -0.15) is 8.78 Å². The third-order valence-corrected chi connectivity index (χ3v) is 2.03. The molecule has 1 aromatic rings. The number of carbonyl (C=O) groups is 1. The monoisotopic (exact) mass is 214 g/mol. The molecule has 0 saturated heterocycles. The van der Waals surface area contributed by atoms with Crippen LogP contribution in [0, 0.1) is 6.92 Å². The van der Waals surface area contributed by atoms with E-state index in [1.165, 1.54) is 12.1 Å². The Hall–Kier alpha value is -1.45. The van der Waals surface area contributed by atoms with Crippen molar-refractivity contribution in [3.05, 3.63) is 29.3 Å². The molecule has 0 bridgehead atoms. The van der Waals surface area contributed by atoms with Crippen LogP contribution in [0.25, 0.3) is 0 Å². The van der Waals surface area contributed by atoms with E-state index in [0.717, 1.165) is 0 Å². The largest absolute Gasteiger partial charge is 0.435 e. The molecule has 15 heavy (non-hydrogen) atoms. The van der Waals surface area contributed by atoms with Gasteiger partial charge in [0.25, 0.3) is 0 Å². The molecule has 0 unspecified atom stereocenters. The zero-order valence-electron chi connectivity index (χ0n) is 8.59. The zero-order valence-corrected chi connectivity index (χ0v) is 8.59. The van der Waals surface area contributed by atoms with Crippen molar-refractivity contribution in [2.75, 3.05) is 0 Å². The van der Waals surface area contributed by atoms with Crippen molar-refractivity contribution in [3.8, 4) is 5.75 Å². The van der Waals surface area contributed by atoms with E-state index in [2.05, 4.69) is 4.74 Å². The number of benzene rings is 1. The number of halogens is 2. The molecular formula is C11H12F2O2. The number of aryl methyl sites for hydroxylation is 1. The maximum absolute atomic E-state index is 11.9. The van der Waals surface area contributed by atoms with Crippen LogP contribution in [0.1, 0.15) is 29.3 Å². The molecule has 0 aliphatic rings. The second kappa shape index (κ2) is 4.87. The second-order valence-corrected chi connectivity index (χ2v) is 3.14. The molecule has 1 rings (SSSR count). The first-order valence-electron chi connectivity index (χ1n) is 4.63. The van der Waals surface area contributed by atoms with Crippen LogP contribution in [-0.4, -0.2) is 12.4 Å². The highest BCUT2D eigenvalue weighted by Gasteiger charge is 2.09. The molecule has 0 amide bonds. The Morgan fingerprint density at radius 1 is 1.47 bits per heavy atom. The van der Waals surface area contributed by atoms with Gasteiger partial charge in [0.2, 0.25) is 0 Å². The lowest BCUT2D eigenvalue weighted by molar-refractivity contribution is -0.0502. The first kappa shape index (κ1) is 11.6. The standard InChI is InChI=1S/C11H12F2O2/c1-3-9(14)8-4-5-10(7(2)6-8)15-11(12)13/h4-6,11H,3H2,1-2H3. The Kier molecular flexibility index (Phi) is 3.77. The average Bonchev–Trinajstić information content (AvgIpc) is 2.19. The molecule has 0 spiro atoms. The Bertz CT molecular complexity index is 362. The van der Waals surface area contributed by atoms with Crippen LogP contribution in [0.15, 0.2) is 18.2 Å². The molecule has 0 N–H and O–H groups in total. The summed E-state index contributed by atoms with van der Waals surface area (Å²) in [6, 6.07) is 4.45. The van der Waals surface area contributed by atoms with Crippen LogP contribution >= 0.6 is 0 Å². The van der Waals surface area contributed by atoms with Gasteiger partial charge in [-0.1, -0.05) is 6.92 Å². The van der Waals surface area contributed by atoms with Gasteiger partial charge < -0.3 is 4.74 Å². The molecule has 0 aliphatic carbocycles. The summed E-state index contributed by atoms with van der Waals surface area (Å²) in [5, 5.41) is 0. The quantitative estimate of drug-likeness (QED) is 0.719. The highest BCUT2D eigenvalue weighted by molar-refractivity contribution is 5.96. The number of carbonyl (C=O) groups excluding carboxylic acids is 1. The van der Waals surface area contributed by atoms with Crippen molar-refractivity contribution < 1.29 is 18.3 Å². The Morgan fingerprint density at radius 3 is 2.60 bits per heavy atom. The molecule has 82 valence electrons. The van der Waals surface area contributed by atoms with Crippen LogP contribution in [0.4, 0.5) is 8.78 Å². The van der Waals surface area contributed by atoms with E-state index in [-0.39, 0.29) is 11.5 Å². The van der Waals surface area contributed by atoms with Gasteiger partial charge in [-0.3, -0.25) is 4.79 Å². The van der Waals surface area contributed by atoms with E-state index in [1.807, 2.05) is 0 Å². The fraction of sp³-hybridized carbons (Fsp3) is 0.364. The lowest BCUT2D eigenvalue weighted by atomic mass is 10.1. The smallest absolute Gasteiger partial charge is 0.387 e. The predicted octanol–water partition coefficient (Wildman–Crippen LogP) is 3.19. The van der Waals surface area contributed by atoms with Gasteiger partial charge >= 0.3 is 6.61 Å². The van der Waals surface area contributed by atoms with Crippen LogP contribution in [0.3, 0.4) is 0 Å². The van der Waals surface area contributed by atoms with Crippen molar-refractivity contribution in [1.29, 1.82) is 0 Å². The Morgan fingerprint density at radius 2 is 2.13 bits per heavy atom. The van der Waals surface area contributed by atoms with E-state index < -0.39 is 6.61 Å². The van der Waals surface area contributed by atoms with Gasteiger partial charge in [-0.15, -0.1) is 0 Å². The van der Waals surface area contributed by atoms with Crippen LogP contribution in [-0.2, 0) is 0 Å². The maximum atomic E-state index is 11.9. The lowest BCUT2D eigenvalue weighted by Crippen LogP contribution is -2.04. The molecule has 0 heterocycles. The van der Waals surface area contributed by atoms with E-state index in [0.29, 0.717) is 17.5 Å². The molecule has 0 aromatic heterocycles. The fourth-order valence-corrected chi connectivity index (χ4v) is 1.26. The minimum Gasteiger partial charge on any atom is -0.435 e. The van der Waals surface area contributed by atoms with Gasteiger partial charge in [-0.25, -0.2) is 0 Å². The number of alkyl halides is 2. The summed E-state index contributed by atoms with van der Waals surface area (Å²) < 4.78 is 28.1. The number of hydrogen-bond acceptors (Lipinski definition) is 2. The third-order valence-electron chi connectivity index (χ3n) is 2.03. The number of rotatable bonds is 4. The number of Topliss-reactive ketones (excluding diaryl/α,β-unsaturated/α-hetero) is 1. The Balaban J connectivity index is 2.93. The van der Waals surface area contributed by atoms with Gasteiger partial charge in [0.1, 0.15) is 5.75 Å². The van der Waals surface area contributed by atoms with Gasteiger partial charge in [-0.05, 0) is 30.7 Å². The molecule has 2 nitrogen and oxygen atoms in total. The van der Waals surface area contributed by atoms with E-state index >= 15 is 0 Å².